The van der Waals surface area contributed by atoms with E-state index in [1.54, 1.807) is 0 Å². The van der Waals surface area contributed by atoms with Gasteiger partial charge < -0.3 is 4.43 Å². The Bertz CT molecular complexity index is 1380. The third-order valence-electron chi connectivity index (χ3n) is 9.41. The molecule has 230 valence electrons. The van der Waals surface area contributed by atoms with Gasteiger partial charge in [-0.3, -0.25) is 0 Å². The summed E-state index contributed by atoms with van der Waals surface area (Å²) in [5, 5.41) is 0. The van der Waals surface area contributed by atoms with Crippen LogP contribution in [0.25, 0.3) is 24.3 Å². The molecule has 4 rings (SSSR count). The van der Waals surface area contributed by atoms with Crippen molar-refractivity contribution < 1.29 is 4.43 Å². The van der Waals surface area contributed by atoms with Crippen molar-refractivity contribution in [3.8, 4) is 0 Å². The van der Waals surface area contributed by atoms with Crippen LogP contribution in [-0.4, -0.2) is 13.9 Å². The molecule has 0 fully saturated rings. The van der Waals surface area contributed by atoms with Gasteiger partial charge in [0.25, 0.3) is 0 Å². The van der Waals surface area contributed by atoms with Crippen LogP contribution in [0.2, 0.25) is 18.1 Å². The van der Waals surface area contributed by atoms with E-state index in [1.165, 1.54) is 62.6 Å². The Kier molecular flexibility index (Phi) is 11.8. The molecule has 0 amide bonds. The van der Waals surface area contributed by atoms with Crippen molar-refractivity contribution in [1.29, 1.82) is 0 Å². The van der Waals surface area contributed by atoms with Crippen LogP contribution in [-0.2, 0) is 17.3 Å². The largest absolute Gasteiger partial charge is 0.412 e. The van der Waals surface area contributed by atoms with E-state index in [2.05, 4.69) is 170 Å². The standard InChI is InChI=1S/C42H52OSi/c1-8-44(9-2,10-3)43-42(6,7)41(31-39-27-23-37(24-28-39)21-19-35-15-11-33(4)12-16-35)32-40-29-25-38(26-30-40)22-20-36-17-13-34(5)14-18-36/h11-30,41H,8-10,31-32H2,1-7H3. The highest BCUT2D eigenvalue weighted by Gasteiger charge is 2.39. The summed E-state index contributed by atoms with van der Waals surface area (Å²) < 4.78 is 7.24. The number of hydrogen-bond acceptors (Lipinski definition) is 1. The fourth-order valence-corrected chi connectivity index (χ4v) is 9.23. The van der Waals surface area contributed by atoms with Crippen molar-refractivity contribution in [3.05, 3.63) is 142 Å². The van der Waals surface area contributed by atoms with Crippen molar-refractivity contribution in [3.63, 3.8) is 0 Å². The van der Waals surface area contributed by atoms with Crippen LogP contribution in [0.3, 0.4) is 0 Å². The monoisotopic (exact) mass is 600 g/mol. The van der Waals surface area contributed by atoms with Crippen LogP contribution in [0.1, 0.15) is 79.1 Å². The summed E-state index contributed by atoms with van der Waals surface area (Å²) >= 11 is 0. The lowest BCUT2D eigenvalue weighted by molar-refractivity contribution is 0.0316. The van der Waals surface area contributed by atoms with E-state index in [0.717, 1.165) is 12.8 Å². The highest BCUT2D eigenvalue weighted by molar-refractivity contribution is 6.73. The lowest BCUT2D eigenvalue weighted by Gasteiger charge is -2.43. The molecule has 44 heavy (non-hydrogen) atoms. The van der Waals surface area contributed by atoms with Gasteiger partial charge in [0.15, 0.2) is 8.32 Å². The van der Waals surface area contributed by atoms with Gasteiger partial charge in [0.1, 0.15) is 0 Å². The second-order valence-corrected chi connectivity index (χ2v) is 17.7. The van der Waals surface area contributed by atoms with Crippen LogP contribution >= 0.6 is 0 Å². The molecule has 0 saturated heterocycles. The molecule has 0 radical (unpaired) electrons. The fraction of sp³-hybridized carbons (Fsp3) is 0.333. The second kappa shape index (κ2) is 15.5. The van der Waals surface area contributed by atoms with Gasteiger partial charge in [-0.15, -0.1) is 0 Å². The molecule has 0 unspecified atom stereocenters. The molecular weight excluding hydrogens is 549 g/mol. The zero-order valence-corrected chi connectivity index (χ0v) is 29.1. The van der Waals surface area contributed by atoms with E-state index in [1.807, 2.05) is 0 Å². The third-order valence-corrected chi connectivity index (χ3v) is 14.2. The molecule has 0 aliphatic rings. The minimum Gasteiger partial charge on any atom is -0.412 e. The lowest BCUT2D eigenvalue weighted by atomic mass is 9.81. The van der Waals surface area contributed by atoms with E-state index in [9.17, 15) is 0 Å². The predicted molar refractivity (Wildman–Crippen MR) is 196 cm³/mol. The van der Waals surface area contributed by atoms with Crippen LogP contribution in [0.15, 0.2) is 97.1 Å². The molecule has 0 aromatic heterocycles. The zero-order chi connectivity index (χ0) is 31.6. The fourth-order valence-electron chi connectivity index (χ4n) is 6.01. The second-order valence-electron chi connectivity index (χ2n) is 13.0. The molecule has 0 aliphatic carbocycles. The lowest BCUT2D eigenvalue weighted by Crippen LogP contribution is -2.49. The molecule has 2 heteroatoms. The maximum absolute atomic E-state index is 7.24. The van der Waals surface area contributed by atoms with Crippen molar-refractivity contribution in [2.75, 3.05) is 0 Å². The van der Waals surface area contributed by atoms with E-state index in [0.29, 0.717) is 5.92 Å². The summed E-state index contributed by atoms with van der Waals surface area (Å²) in [6.45, 7) is 15.9. The Hall–Kier alpha value is -3.46. The Morgan fingerprint density at radius 1 is 0.523 bits per heavy atom. The van der Waals surface area contributed by atoms with E-state index in [4.69, 9.17) is 4.43 Å². The van der Waals surface area contributed by atoms with E-state index in [-0.39, 0.29) is 5.60 Å². The number of hydrogen-bond donors (Lipinski definition) is 0. The van der Waals surface area contributed by atoms with Gasteiger partial charge in [0.05, 0.1) is 5.60 Å². The van der Waals surface area contributed by atoms with Gasteiger partial charge in [-0.2, -0.15) is 0 Å². The minimum absolute atomic E-state index is 0.220. The number of rotatable bonds is 14. The molecular formula is C42H52OSi. The first kappa shape index (κ1) is 33.4. The first-order valence-electron chi connectivity index (χ1n) is 16.5. The van der Waals surface area contributed by atoms with Gasteiger partial charge in [-0.1, -0.05) is 153 Å². The molecule has 1 nitrogen and oxygen atoms in total. The topological polar surface area (TPSA) is 9.23 Å². The van der Waals surface area contributed by atoms with Gasteiger partial charge in [0.2, 0.25) is 0 Å². The van der Waals surface area contributed by atoms with Crippen molar-refractivity contribution in [2.24, 2.45) is 5.92 Å². The highest BCUT2D eigenvalue weighted by Crippen LogP contribution is 2.35. The molecule has 4 aromatic rings. The van der Waals surface area contributed by atoms with Crippen LogP contribution in [0.5, 0.6) is 0 Å². The normalized spacial score (nSPS) is 13.2. The molecule has 0 aliphatic heterocycles. The molecule has 0 atom stereocenters. The Balaban J connectivity index is 1.52. The quantitative estimate of drug-likeness (QED) is 0.103. The summed E-state index contributed by atoms with van der Waals surface area (Å²) in [6, 6.07) is 39.1. The summed E-state index contributed by atoms with van der Waals surface area (Å²) in [6.07, 6.45) is 10.8. The average Bonchev–Trinajstić information content (AvgIpc) is 3.04. The predicted octanol–water partition coefficient (Wildman–Crippen LogP) is 11.8. The SMILES string of the molecule is CC[Si](CC)(CC)OC(C)(C)C(Cc1ccc(C=Cc2ccc(C)cc2)cc1)Cc1ccc(C=Cc2ccc(C)cc2)cc1. The summed E-state index contributed by atoms with van der Waals surface area (Å²) in [4.78, 5) is 0. The molecule has 0 heterocycles. The highest BCUT2D eigenvalue weighted by atomic mass is 28.4. The van der Waals surface area contributed by atoms with Crippen molar-refractivity contribution in [1.82, 2.24) is 0 Å². The van der Waals surface area contributed by atoms with Crippen molar-refractivity contribution in [2.45, 2.75) is 85.0 Å². The maximum Gasteiger partial charge on any atom is 0.192 e. The first-order valence-corrected chi connectivity index (χ1v) is 19.0. The number of benzene rings is 4. The maximum atomic E-state index is 7.24. The smallest absolute Gasteiger partial charge is 0.192 e. The van der Waals surface area contributed by atoms with E-state index >= 15 is 0 Å². The van der Waals surface area contributed by atoms with Crippen LogP contribution in [0, 0.1) is 19.8 Å². The summed E-state index contributed by atoms with van der Waals surface area (Å²) in [5.74, 6) is 0.363. The minimum atomic E-state index is -1.78. The Morgan fingerprint density at radius 3 is 1.11 bits per heavy atom. The van der Waals surface area contributed by atoms with Gasteiger partial charge >= 0.3 is 0 Å². The Labute approximate surface area is 268 Å². The molecule has 4 aromatic carbocycles. The summed E-state index contributed by atoms with van der Waals surface area (Å²) in [7, 11) is -1.78. The Morgan fingerprint density at radius 2 is 0.818 bits per heavy atom. The zero-order valence-electron chi connectivity index (χ0n) is 28.1. The van der Waals surface area contributed by atoms with Crippen LogP contribution < -0.4 is 0 Å². The van der Waals surface area contributed by atoms with Crippen LogP contribution in [0.4, 0.5) is 0 Å². The van der Waals surface area contributed by atoms with Crippen molar-refractivity contribution >= 4 is 32.6 Å². The third kappa shape index (κ3) is 9.52. The molecule has 0 saturated carbocycles. The number of aryl methyl sites for hydroxylation is 2. The molecule has 0 spiro atoms. The average molecular weight is 601 g/mol. The summed E-state index contributed by atoms with van der Waals surface area (Å²) in [5.41, 5.74) is 10.0. The first-order chi connectivity index (χ1) is 21.1. The van der Waals surface area contributed by atoms with Gasteiger partial charge in [-0.25, -0.2) is 0 Å². The molecule has 0 N–H and O–H groups in total. The van der Waals surface area contributed by atoms with Gasteiger partial charge in [0, 0.05) is 0 Å². The van der Waals surface area contributed by atoms with E-state index < -0.39 is 8.32 Å². The molecule has 0 bridgehead atoms. The van der Waals surface area contributed by atoms with Gasteiger partial charge in [-0.05, 0) is 98.0 Å².